The van der Waals surface area contributed by atoms with Crippen molar-refractivity contribution in [3.8, 4) is 0 Å². The summed E-state index contributed by atoms with van der Waals surface area (Å²) < 4.78 is 2.25. The van der Waals surface area contributed by atoms with Crippen molar-refractivity contribution >= 4 is 27.3 Å². The van der Waals surface area contributed by atoms with Gasteiger partial charge >= 0.3 is 0 Å². The molecule has 56 valence electrons. The van der Waals surface area contributed by atoms with Gasteiger partial charge in [-0.3, -0.25) is 0 Å². The predicted octanol–water partition coefficient (Wildman–Crippen LogP) is 0.469. The van der Waals surface area contributed by atoms with Crippen LogP contribution < -0.4 is 5.73 Å². The molecule has 0 aliphatic rings. The Kier molecular flexibility index (Phi) is 1.28. The van der Waals surface area contributed by atoms with Gasteiger partial charge in [0.25, 0.3) is 0 Å². The second-order valence-corrected chi connectivity index (χ2v) is 2.86. The van der Waals surface area contributed by atoms with Crippen LogP contribution in [-0.2, 0) is 0 Å². The van der Waals surface area contributed by atoms with E-state index in [0.29, 0.717) is 11.3 Å². The van der Waals surface area contributed by atoms with Crippen LogP contribution in [0.15, 0.2) is 17.0 Å². The van der Waals surface area contributed by atoms with Crippen molar-refractivity contribution in [3.05, 3.63) is 17.0 Å². The largest absolute Gasteiger partial charge is 0.395 e. The van der Waals surface area contributed by atoms with Gasteiger partial charge in [-0.25, -0.2) is 0 Å². The molecule has 2 aromatic rings. The van der Waals surface area contributed by atoms with E-state index in [1.54, 1.807) is 6.20 Å². The maximum atomic E-state index is 5.65. The minimum absolute atomic E-state index is 0.553. The van der Waals surface area contributed by atoms with E-state index in [1.165, 1.54) is 10.8 Å². The number of hydrogen-bond acceptors (Lipinski definition) is 4. The van der Waals surface area contributed by atoms with Gasteiger partial charge in [-0.2, -0.15) is 9.61 Å². The van der Waals surface area contributed by atoms with E-state index >= 15 is 0 Å². The molecule has 0 aliphatic heterocycles. The molecule has 0 saturated heterocycles. The highest BCUT2D eigenvalue weighted by Crippen LogP contribution is 2.19. The van der Waals surface area contributed by atoms with E-state index in [2.05, 4.69) is 31.2 Å². The average Bonchev–Trinajstić information content (AvgIpc) is 2.45. The number of nitrogens with zero attached hydrogens (tertiary/aromatic N) is 4. The minimum Gasteiger partial charge on any atom is -0.395 e. The van der Waals surface area contributed by atoms with Crippen molar-refractivity contribution in [2.75, 3.05) is 5.73 Å². The maximum absolute atomic E-state index is 5.65. The van der Waals surface area contributed by atoms with Crippen LogP contribution in [0.3, 0.4) is 0 Å². The van der Waals surface area contributed by atoms with Crippen LogP contribution in [0, 0.1) is 0 Å². The molecule has 0 saturated carbocycles. The molecule has 0 aromatic carbocycles. The fourth-order valence-electron chi connectivity index (χ4n) is 0.781. The highest BCUT2D eigenvalue weighted by Gasteiger charge is 2.03. The minimum atomic E-state index is 0.553. The summed E-state index contributed by atoms with van der Waals surface area (Å²) in [6, 6.07) is 0. The number of rotatable bonds is 0. The van der Waals surface area contributed by atoms with Crippen LogP contribution in [0.2, 0.25) is 0 Å². The number of halogens is 1. The van der Waals surface area contributed by atoms with Crippen molar-refractivity contribution < 1.29 is 0 Å². The third kappa shape index (κ3) is 0.864. The van der Waals surface area contributed by atoms with Crippen molar-refractivity contribution in [1.29, 1.82) is 0 Å². The lowest BCUT2D eigenvalue weighted by molar-refractivity contribution is 0.924. The van der Waals surface area contributed by atoms with Crippen molar-refractivity contribution in [2.45, 2.75) is 0 Å². The van der Waals surface area contributed by atoms with E-state index in [-0.39, 0.29) is 0 Å². The van der Waals surface area contributed by atoms with Crippen LogP contribution in [0.5, 0.6) is 0 Å². The second kappa shape index (κ2) is 2.16. The summed E-state index contributed by atoms with van der Waals surface area (Å²) in [4.78, 5) is 0. The maximum Gasteiger partial charge on any atom is 0.201 e. The summed E-state index contributed by atoms with van der Waals surface area (Å²) in [6.07, 6.45) is 3.10. The third-order valence-corrected chi connectivity index (χ3v) is 1.96. The molecule has 0 amide bonds. The Morgan fingerprint density at radius 2 is 2.36 bits per heavy atom. The second-order valence-electron chi connectivity index (χ2n) is 2.01. The smallest absolute Gasteiger partial charge is 0.201 e. The monoisotopic (exact) mass is 213 g/mol. The normalized spacial score (nSPS) is 10.6. The van der Waals surface area contributed by atoms with E-state index < -0.39 is 0 Å². The topological polar surface area (TPSA) is 69.1 Å². The molecule has 0 spiro atoms. The highest BCUT2D eigenvalue weighted by molar-refractivity contribution is 9.10. The van der Waals surface area contributed by atoms with Gasteiger partial charge in [0.2, 0.25) is 5.65 Å². The molecule has 2 N–H and O–H groups in total. The Hall–Kier alpha value is -1.17. The quantitative estimate of drug-likeness (QED) is 0.691. The molecule has 5 nitrogen and oxygen atoms in total. The van der Waals surface area contributed by atoms with Gasteiger partial charge in [0.15, 0.2) is 0 Å². The molecule has 2 heterocycles. The summed E-state index contributed by atoms with van der Waals surface area (Å²) in [6.45, 7) is 0. The SMILES string of the molecule is Nc1c(Br)cnn2cnnc12. The standard InChI is InChI=1S/C5H4BrN5/c6-3-1-9-11-2-8-10-5(11)4(3)7/h1-2H,7H2. The summed E-state index contributed by atoms with van der Waals surface area (Å²) >= 11 is 3.23. The molecule has 0 fully saturated rings. The predicted molar refractivity (Wildman–Crippen MR) is 42.9 cm³/mol. The lowest BCUT2D eigenvalue weighted by atomic mass is 10.5. The molecule has 2 rings (SSSR count). The molecule has 2 aromatic heterocycles. The average molecular weight is 214 g/mol. The number of nitrogen functional groups attached to an aromatic ring is 1. The number of anilines is 1. The van der Waals surface area contributed by atoms with Crippen LogP contribution in [0.1, 0.15) is 0 Å². The van der Waals surface area contributed by atoms with Crippen LogP contribution in [-0.4, -0.2) is 19.8 Å². The third-order valence-electron chi connectivity index (χ3n) is 1.32. The first kappa shape index (κ1) is 6.53. The van der Waals surface area contributed by atoms with Gasteiger partial charge in [-0.15, -0.1) is 10.2 Å². The number of nitrogens with two attached hydrogens (primary N) is 1. The van der Waals surface area contributed by atoms with Crippen molar-refractivity contribution in [3.63, 3.8) is 0 Å². The summed E-state index contributed by atoms with van der Waals surface area (Å²) in [5.74, 6) is 0. The molecule has 0 unspecified atom stereocenters. The van der Waals surface area contributed by atoms with Gasteiger partial charge in [-0.1, -0.05) is 0 Å². The molecule has 11 heavy (non-hydrogen) atoms. The number of hydrogen-bond donors (Lipinski definition) is 1. The molecule has 0 radical (unpaired) electrons. The molecule has 0 atom stereocenters. The van der Waals surface area contributed by atoms with E-state index in [9.17, 15) is 0 Å². The lowest BCUT2D eigenvalue weighted by Crippen LogP contribution is -1.96. The Labute approximate surface area is 70.4 Å². The zero-order chi connectivity index (χ0) is 7.84. The van der Waals surface area contributed by atoms with Gasteiger partial charge in [-0.05, 0) is 15.9 Å². The fraction of sp³-hybridized carbons (Fsp3) is 0. The summed E-state index contributed by atoms with van der Waals surface area (Å²) in [7, 11) is 0. The number of aromatic nitrogens is 4. The first-order chi connectivity index (χ1) is 5.29. The lowest BCUT2D eigenvalue weighted by Gasteiger charge is -1.96. The molecular weight excluding hydrogens is 210 g/mol. The van der Waals surface area contributed by atoms with Crippen molar-refractivity contribution in [1.82, 2.24) is 19.8 Å². The Bertz CT molecular complexity index is 395. The van der Waals surface area contributed by atoms with Gasteiger partial charge in [0.05, 0.1) is 16.4 Å². The number of fused-ring (bicyclic) bond motifs is 1. The van der Waals surface area contributed by atoms with Gasteiger partial charge in [0.1, 0.15) is 6.33 Å². The highest BCUT2D eigenvalue weighted by atomic mass is 79.9. The molecule has 0 bridgehead atoms. The Balaban J connectivity index is 2.93. The van der Waals surface area contributed by atoms with E-state index in [0.717, 1.165) is 4.47 Å². The summed E-state index contributed by atoms with van der Waals surface area (Å²) in [5.41, 5.74) is 6.77. The van der Waals surface area contributed by atoms with E-state index in [4.69, 9.17) is 5.73 Å². The molecule has 0 aliphatic carbocycles. The summed E-state index contributed by atoms with van der Waals surface area (Å²) in [5, 5.41) is 11.4. The van der Waals surface area contributed by atoms with Gasteiger partial charge < -0.3 is 5.73 Å². The van der Waals surface area contributed by atoms with Gasteiger partial charge in [0, 0.05) is 0 Å². The first-order valence-electron chi connectivity index (χ1n) is 2.89. The zero-order valence-corrected chi connectivity index (χ0v) is 6.98. The van der Waals surface area contributed by atoms with Crippen molar-refractivity contribution in [2.24, 2.45) is 0 Å². The van der Waals surface area contributed by atoms with Crippen LogP contribution in [0.25, 0.3) is 5.65 Å². The Morgan fingerprint density at radius 1 is 1.55 bits per heavy atom. The fourth-order valence-corrected chi connectivity index (χ4v) is 1.05. The van der Waals surface area contributed by atoms with Crippen LogP contribution >= 0.6 is 15.9 Å². The van der Waals surface area contributed by atoms with E-state index in [1.807, 2.05) is 0 Å². The zero-order valence-electron chi connectivity index (χ0n) is 5.40. The first-order valence-corrected chi connectivity index (χ1v) is 3.68. The molecular formula is C5H4BrN5. The van der Waals surface area contributed by atoms with Crippen LogP contribution in [0.4, 0.5) is 5.69 Å². The molecule has 6 heteroatoms. The Morgan fingerprint density at radius 3 is 3.18 bits per heavy atom.